The number of nitrogens with zero attached hydrogens (tertiary/aromatic N) is 4. The summed E-state index contributed by atoms with van der Waals surface area (Å²) in [5, 5.41) is 32.9. The first kappa shape index (κ1) is 20.3. The molecule has 1 fully saturated rings. The van der Waals surface area contributed by atoms with Crippen LogP contribution in [0.5, 0.6) is 5.75 Å². The molecule has 0 unspecified atom stereocenters. The molecule has 30 heavy (non-hydrogen) atoms. The Labute approximate surface area is 172 Å². The van der Waals surface area contributed by atoms with Gasteiger partial charge in [0.25, 0.3) is 0 Å². The summed E-state index contributed by atoms with van der Waals surface area (Å²) in [5.41, 5.74) is 7.63. The molecule has 6 N–H and O–H groups in total. The molecule has 1 aliphatic rings. The number of aliphatic hydroxyl groups excluding tert-OH is 3. The van der Waals surface area contributed by atoms with Crippen molar-refractivity contribution < 1.29 is 24.8 Å². The zero-order chi connectivity index (χ0) is 21.3. The van der Waals surface area contributed by atoms with E-state index in [4.69, 9.17) is 15.2 Å². The van der Waals surface area contributed by atoms with Crippen molar-refractivity contribution >= 4 is 22.9 Å². The van der Waals surface area contributed by atoms with Crippen LogP contribution in [0.25, 0.3) is 11.2 Å². The number of benzene rings is 1. The van der Waals surface area contributed by atoms with Crippen molar-refractivity contribution in [3.63, 3.8) is 0 Å². The van der Waals surface area contributed by atoms with Crippen LogP contribution >= 0.6 is 0 Å². The molecule has 0 aliphatic carbocycles. The topological polar surface area (TPSA) is 161 Å². The number of nitrogen functional groups attached to an aromatic ring is 1. The minimum Gasteiger partial charge on any atom is -0.494 e. The molecule has 3 heterocycles. The Kier molecular flexibility index (Phi) is 5.68. The predicted octanol–water partition coefficient (Wildman–Crippen LogP) is 0.0308. The van der Waals surface area contributed by atoms with Crippen LogP contribution in [0.2, 0.25) is 0 Å². The molecule has 11 heteroatoms. The number of aromatic nitrogens is 4. The molecule has 2 aromatic heterocycles. The fourth-order valence-electron chi connectivity index (χ4n) is 3.45. The van der Waals surface area contributed by atoms with Crippen molar-refractivity contribution in [3.8, 4) is 5.75 Å². The van der Waals surface area contributed by atoms with Crippen LogP contribution < -0.4 is 15.8 Å². The highest BCUT2D eigenvalue weighted by atomic mass is 16.6. The van der Waals surface area contributed by atoms with E-state index in [1.165, 1.54) is 10.9 Å². The SMILES string of the molecule is CCOc1cccc(CNc2nc(N)nc3c2ncn3[C@@H]2O[C@H](CO)[C@@H](O)[C@H]2O)c1. The molecule has 0 saturated carbocycles. The molecule has 4 rings (SSSR count). The number of nitrogens with one attached hydrogen (secondary N) is 1. The lowest BCUT2D eigenvalue weighted by molar-refractivity contribution is -0.0511. The van der Waals surface area contributed by atoms with Crippen molar-refractivity contribution in [3.05, 3.63) is 36.2 Å². The zero-order valence-electron chi connectivity index (χ0n) is 16.3. The maximum Gasteiger partial charge on any atom is 0.224 e. The number of nitrogens with two attached hydrogens (primary N) is 1. The van der Waals surface area contributed by atoms with Gasteiger partial charge in [-0.3, -0.25) is 4.57 Å². The van der Waals surface area contributed by atoms with Gasteiger partial charge in [-0.15, -0.1) is 0 Å². The molecule has 0 amide bonds. The molecule has 3 aromatic rings. The predicted molar refractivity (Wildman–Crippen MR) is 108 cm³/mol. The van der Waals surface area contributed by atoms with Gasteiger partial charge in [0.15, 0.2) is 23.2 Å². The van der Waals surface area contributed by atoms with Crippen LogP contribution in [-0.4, -0.2) is 66.4 Å². The maximum atomic E-state index is 10.3. The van der Waals surface area contributed by atoms with Crippen LogP contribution in [0, 0.1) is 0 Å². The zero-order valence-corrected chi connectivity index (χ0v) is 16.3. The molecule has 0 spiro atoms. The first-order chi connectivity index (χ1) is 14.5. The molecule has 160 valence electrons. The Morgan fingerprint density at radius 1 is 1.27 bits per heavy atom. The molecule has 1 aliphatic heterocycles. The Bertz CT molecular complexity index is 1030. The Hall–Kier alpha value is -2.99. The smallest absolute Gasteiger partial charge is 0.224 e. The number of aliphatic hydroxyl groups is 3. The van der Waals surface area contributed by atoms with Gasteiger partial charge >= 0.3 is 0 Å². The normalized spacial score (nSPS) is 23.7. The Morgan fingerprint density at radius 3 is 2.83 bits per heavy atom. The van der Waals surface area contributed by atoms with Gasteiger partial charge in [0.1, 0.15) is 24.1 Å². The molecule has 11 nitrogen and oxygen atoms in total. The van der Waals surface area contributed by atoms with E-state index in [2.05, 4.69) is 20.3 Å². The lowest BCUT2D eigenvalue weighted by atomic mass is 10.1. The van der Waals surface area contributed by atoms with Crippen LogP contribution in [0.1, 0.15) is 18.7 Å². The Balaban J connectivity index is 1.61. The summed E-state index contributed by atoms with van der Waals surface area (Å²) in [6.07, 6.45) is -2.93. The van der Waals surface area contributed by atoms with E-state index in [0.29, 0.717) is 30.1 Å². The summed E-state index contributed by atoms with van der Waals surface area (Å²) in [6, 6.07) is 7.67. The van der Waals surface area contributed by atoms with Crippen molar-refractivity contribution in [2.45, 2.75) is 38.0 Å². The lowest BCUT2D eigenvalue weighted by Gasteiger charge is -2.16. The van der Waals surface area contributed by atoms with Crippen LogP contribution in [0.3, 0.4) is 0 Å². The average Bonchev–Trinajstić information content (AvgIpc) is 3.28. The quantitative estimate of drug-likeness (QED) is 0.355. The van der Waals surface area contributed by atoms with Gasteiger partial charge in [0.2, 0.25) is 5.95 Å². The molecular formula is C19H24N6O5. The number of rotatable bonds is 7. The number of hydrogen-bond donors (Lipinski definition) is 5. The second-order valence-electron chi connectivity index (χ2n) is 6.92. The summed E-state index contributed by atoms with van der Waals surface area (Å²) in [7, 11) is 0. The third-order valence-corrected chi connectivity index (χ3v) is 4.90. The van der Waals surface area contributed by atoms with Gasteiger partial charge in [-0.05, 0) is 24.6 Å². The van der Waals surface area contributed by atoms with E-state index < -0.39 is 31.1 Å². The first-order valence-electron chi connectivity index (χ1n) is 9.60. The van der Waals surface area contributed by atoms with Crippen LogP contribution in [0.15, 0.2) is 30.6 Å². The summed E-state index contributed by atoms with van der Waals surface area (Å²) >= 11 is 0. The van der Waals surface area contributed by atoms with Crippen molar-refractivity contribution in [2.75, 3.05) is 24.3 Å². The molecule has 1 aromatic carbocycles. The van der Waals surface area contributed by atoms with Crippen molar-refractivity contribution in [2.24, 2.45) is 0 Å². The number of hydrogen-bond acceptors (Lipinski definition) is 10. The summed E-state index contributed by atoms with van der Waals surface area (Å²) in [4.78, 5) is 12.8. The van der Waals surface area contributed by atoms with E-state index in [-0.39, 0.29) is 5.95 Å². The summed E-state index contributed by atoms with van der Waals surface area (Å²) in [6.45, 7) is 2.53. The average molecular weight is 416 g/mol. The van der Waals surface area contributed by atoms with Gasteiger partial charge in [-0.25, -0.2) is 4.98 Å². The fraction of sp³-hybridized carbons (Fsp3) is 0.421. The van der Waals surface area contributed by atoms with Gasteiger partial charge in [0, 0.05) is 6.54 Å². The standard InChI is InChI=1S/C19H24N6O5/c1-2-29-11-5-3-4-10(6-11)7-21-16-13-17(24-19(20)23-16)25(9-22-13)18-15(28)14(27)12(8-26)30-18/h3-6,9,12,14-15,18,26-28H,2,7-8H2,1H3,(H3,20,21,23,24)/t12-,14-,15-,18-/m1/s1. The second kappa shape index (κ2) is 8.40. The summed E-state index contributed by atoms with van der Waals surface area (Å²) in [5.74, 6) is 1.21. The number of anilines is 2. The Morgan fingerprint density at radius 2 is 2.10 bits per heavy atom. The fourth-order valence-corrected chi connectivity index (χ4v) is 3.45. The van der Waals surface area contributed by atoms with E-state index in [9.17, 15) is 15.3 Å². The highest BCUT2D eigenvalue weighted by Crippen LogP contribution is 2.32. The second-order valence-corrected chi connectivity index (χ2v) is 6.92. The van der Waals surface area contributed by atoms with Crippen molar-refractivity contribution in [1.82, 2.24) is 19.5 Å². The molecule has 0 bridgehead atoms. The minimum absolute atomic E-state index is 0.0153. The summed E-state index contributed by atoms with van der Waals surface area (Å²) < 4.78 is 12.6. The first-order valence-corrected chi connectivity index (χ1v) is 9.60. The largest absolute Gasteiger partial charge is 0.494 e. The molecule has 1 saturated heterocycles. The van der Waals surface area contributed by atoms with Crippen molar-refractivity contribution in [1.29, 1.82) is 0 Å². The number of ether oxygens (including phenoxy) is 2. The minimum atomic E-state index is -1.26. The lowest BCUT2D eigenvalue weighted by Crippen LogP contribution is -2.33. The van der Waals surface area contributed by atoms with E-state index in [1.807, 2.05) is 31.2 Å². The highest BCUT2D eigenvalue weighted by molar-refractivity contribution is 5.84. The number of fused-ring (bicyclic) bond motifs is 1. The maximum absolute atomic E-state index is 10.3. The van der Waals surface area contributed by atoms with Gasteiger partial charge in [-0.2, -0.15) is 9.97 Å². The molecule has 0 radical (unpaired) electrons. The highest BCUT2D eigenvalue weighted by Gasteiger charge is 2.44. The third-order valence-electron chi connectivity index (χ3n) is 4.90. The molecule has 4 atom stereocenters. The van der Waals surface area contributed by atoms with E-state index in [1.54, 1.807) is 0 Å². The van der Waals surface area contributed by atoms with Crippen LogP contribution in [-0.2, 0) is 11.3 Å². The van der Waals surface area contributed by atoms with E-state index >= 15 is 0 Å². The third kappa shape index (κ3) is 3.75. The monoisotopic (exact) mass is 416 g/mol. The van der Waals surface area contributed by atoms with Crippen LogP contribution in [0.4, 0.5) is 11.8 Å². The van der Waals surface area contributed by atoms with E-state index in [0.717, 1.165) is 11.3 Å². The van der Waals surface area contributed by atoms with Gasteiger partial charge < -0.3 is 35.8 Å². The van der Waals surface area contributed by atoms with Gasteiger partial charge in [-0.1, -0.05) is 12.1 Å². The molecular weight excluding hydrogens is 392 g/mol. The number of imidazole rings is 1. The van der Waals surface area contributed by atoms with Gasteiger partial charge in [0.05, 0.1) is 19.5 Å².